The molecule has 8 heteroatoms. The molecule has 0 fully saturated rings. The molecule has 0 spiro atoms. The van der Waals surface area contributed by atoms with Gasteiger partial charge >= 0.3 is 6.18 Å². The number of carbonyl (C=O) groups is 1. The van der Waals surface area contributed by atoms with Crippen molar-refractivity contribution in [3.05, 3.63) is 76.0 Å². The van der Waals surface area contributed by atoms with Crippen molar-refractivity contribution in [3.8, 4) is 10.6 Å². The van der Waals surface area contributed by atoms with E-state index < -0.39 is 11.7 Å². The number of amides is 1. The lowest BCUT2D eigenvalue weighted by Gasteiger charge is -2.06. The lowest BCUT2D eigenvalue weighted by atomic mass is 10.1. The van der Waals surface area contributed by atoms with E-state index in [1.54, 1.807) is 19.1 Å². The first kappa shape index (κ1) is 19.0. The average Bonchev–Trinajstić information content (AvgIpc) is 3.12. The van der Waals surface area contributed by atoms with Gasteiger partial charge in [-0.25, -0.2) is 9.37 Å². The summed E-state index contributed by atoms with van der Waals surface area (Å²) in [5.41, 5.74) is 0.895. The van der Waals surface area contributed by atoms with Crippen LogP contribution in [0.3, 0.4) is 0 Å². The van der Waals surface area contributed by atoms with Crippen molar-refractivity contribution in [3.63, 3.8) is 0 Å². The standard InChI is InChI=1S/C19H14F4N2OS/c1-11-2-3-12(8-15(11)20)9-24-17(26)16-10-25-18(27-16)13-4-6-14(7-5-13)19(21,22)23/h2-8,10H,9H2,1H3,(H,24,26). The van der Waals surface area contributed by atoms with E-state index in [1.807, 2.05) is 0 Å². The molecule has 3 nitrogen and oxygen atoms in total. The van der Waals surface area contributed by atoms with E-state index >= 15 is 0 Å². The molecule has 0 atom stereocenters. The van der Waals surface area contributed by atoms with Crippen molar-refractivity contribution >= 4 is 17.2 Å². The highest BCUT2D eigenvalue weighted by molar-refractivity contribution is 7.16. The number of hydrogen-bond donors (Lipinski definition) is 1. The first-order valence-electron chi connectivity index (χ1n) is 7.91. The monoisotopic (exact) mass is 394 g/mol. The average molecular weight is 394 g/mol. The van der Waals surface area contributed by atoms with Gasteiger partial charge in [0.05, 0.1) is 11.8 Å². The fourth-order valence-electron chi connectivity index (χ4n) is 2.33. The number of hydrogen-bond acceptors (Lipinski definition) is 3. The van der Waals surface area contributed by atoms with Crippen LogP contribution in [0.5, 0.6) is 0 Å². The Balaban J connectivity index is 1.67. The van der Waals surface area contributed by atoms with Crippen molar-refractivity contribution in [2.24, 2.45) is 0 Å². The highest BCUT2D eigenvalue weighted by atomic mass is 32.1. The van der Waals surface area contributed by atoms with Crippen molar-refractivity contribution in [2.45, 2.75) is 19.6 Å². The van der Waals surface area contributed by atoms with Gasteiger partial charge in [0.1, 0.15) is 15.7 Å². The van der Waals surface area contributed by atoms with Gasteiger partial charge in [0.15, 0.2) is 0 Å². The third kappa shape index (κ3) is 4.51. The Morgan fingerprint density at radius 3 is 2.48 bits per heavy atom. The molecule has 1 N–H and O–H groups in total. The van der Waals surface area contributed by atoms with Crippen LogP contribution < -0.4 is 5.32 Å². The van der Waals surface area contributed by atoms with Crippen LogP contribution in [0, 0.1) is 12.7 Å². The first-order valence-corrected chi connectivity index (χ1v) is 8.72. The molecule has 0 radical (unpaired) electrons. The number of benzene rings is 2. The van der Waals surface area contributed by atoms with Crippen LogP contribution in [0.15, 0.2) is 48.7 Å². The van der Waals surface area contributed by atoms with E-state index in [0.29, 0.717) is 26.6 Å². The number of carbonyl (C=O) groups excluding carboxylic acids is 1. The predicted molar refractivity (Wildman–Crippen MR) is 94.9 cm³/mol. The van der Waals surface area contributed by atoms with E-state index in [0.717, 1.165) is 23.5 Å². The summed E-state index contributed by atoms with van der Waals surface area (Å²) in [7, 11) is 0. The first-order chi connectivity index (χ1) is 12.7. The molecule has 0 unspecified atom stereocenters. The summed E-state index contributed by atoms with van der Waals surface area (Å²) >= 11 is 1.07. The van der Waals surface area contributed by atoms with Gasteiger partial charge in [0.25, 0.3) is 5.91 Å². The van der Waals surface area contributed by atoms with Crippen molar-refractivity contribution in [2.75, 3.05) is 0 Å². The highest BCUT2D eigenvalue weighted by Crippen LogP contribution is 2.32. The molecule has 140 valence electrons. The maximum Gasteiger partial charge on any atom is 0.416 e. The summed E-state index contributed by atoms with van der Waals surface area (Å²) < 4.78 is 51.4. The van der Waals surface area contributed by atoms with Gasteiger partial charge in [-0.3, -0.25) is 4.79 Å². The second-order valence-electron chi connectivity index (χ2n) is 5.87. The molecule has 0 aliphatic heterocycles. The van der Waals surface area contributed by atoms with E-state index in [1.165, 1.54) is 24.4 Å². The highest BCUT2D eigenvalue weighted by Gasteiger charge is 2.30. The minimum absolute atomic E-state index is 0.156. The van der Waals surface area contributed by atoms with Crippen molar-refractivity contribution in [1.82, 2.24) is 10.3 Å². The molecular formula is C19H14F4N2OS. The topological polar surface area (TPSA) is 42.0 Å². The van der Waals surface area contributed by atoms with Crippen molar-refractivity contribution < 1.29 is 22.4 Å². The molecule has 0 saturated heterocycles. The second-order valence-corrected chi connectivity index (χ2v) is 6.90. The van der Waals surface area contributed by atoms with E-state index in [2.05, 4.69) is 10.3 Å². The van der Waals surface area contributed by atoms with Gasteiger partial charge < -0.3 is 5.32 Å². The zero-order valence-corrected chi connectivity index (χ0v) is 14.9. The summed E-state index contributed by atoms with van der Waals surface area (Å²) in [6, 6.07) is 9.29. The summed E-state index contributed by atoms with van der Waals surface area (Å²) in [6.07, 6.45) is -3.04. The number of thiazole rings is 1. The molecule has 27 heavy (non-hydrogen) atoms. The molecule has 2 aromatic carbocycles. The zero-order valence-electron chi connectivity index (χ0n) is 14.1. The number of nitrogens with zero attached hydrogens (tertiary/aromatic N) is 1. The Labute approximate surface area is 156 Å². The Morgan fingerprint density at radius 2 is 1.85 bits per heavy atom. The SMILES string of the molecule is Cc1ccc(CNC(=O)c2cnc(-c3ccc(C(F)(F)F)cc3)s2)cc1F. The van der Waals surface area contributed by atoms with Crippen LogP contribution in [-0.2, 0) is 12.7 Å². The molecule has 0 saturated carbocycles. The molecule has 1 heterocycles. The Bertz CT molecular complexity index is 965. The fraction of sp³-hybridized carbons (Fsp3) is 0.158. The van der Waals surface area contributed by atoms with Crippen LogP contribution in [0.1, 0.15) is 26.4 Å². The summed E-state index contributed by atoms with van der Waals surface area (Å²) in [4.78, 5) is 16.6. The van der Waals surface area contributed by atoms with Gasteiger partial charge in [0, 0.05) is 12.1 Å². The zero-order chi connectivity index (χ0) is 19.6. The smallest absolute Gasteiger partial charge is 0.347 e. The van der Waals surface area contributed by atoms with Crippen LogP contribution in [-0.4, -0.2) is 10.9 Å². The third-order valence-electron chi connectivity index (χ3n) is 3.88. The molecule has 0 aliphatic carbocycles. The normalized spacial score (nSPS) is 11.4. The van der Waals surface area contributed by atoms with E-state index in [-0.39, 0.29) is 18.3 Å². The Kier molecular flexibility index (Phi) is 5.27. The van der Waals surface area contributed by atoms with Crippen LogP contribution in [0.4, 0.5) is 17.6 Å². The van der Waals surface area contributed by atoms with Crippen LogP contribution >= 0.6 is 11.3 Å². The number of alkyl halides is 3. The summed E-state index contributed by atoms with van der Waals surface area (Å²) in [5.74, 6) is -0.726. The fourth-order valence-corrected chi connectivity index (χ4v) is 3.17. The molecular weight excluding hydrogens is 380 g/mol. The Hall–Kier alpha value is -2.74. The molecule has 1 amide bonds. The lowest BCUT2D eigenvalue weighted by Crippen LogP contribution is -2.21. The van der Waals surface area contributed by atoms with E-state index in [4.69, 9.17) is 0 Å². The Morgan fingerprint density at radius 1 is 1.15 bits per heavy atom. The minimum atomic E-state index is -4.40. The quantitative estimate of drug-likeness (QED) is 0.618. The minimum Gasteiger partial charge on any atom is -0.347 e. The van der Waals surface area contributed by atoms with Gasteiger partial charge in [-0.1, -0.05) is 24.3 Å². The van der Waals surface area contributed by atoms with Gasteiger partial charge in [-0.15, -0.1) is 11.3 Å². The largest absolute Gasteiger partial charge is 0.416 e. The van der Waals surface area contributed by atoms with Crippen LogP contribution in [0.25, 0.3) is 10.6 Å². The maximum atomic E-state index is 13.5. The number of nitrogens with one attached hydrogen (secondary N) is 1. The molecule has 0 aliphatic rings. The number of halogens is 4. The summed E-state index contributed by atoms with van der Waals surface area (Å²) in [6.45, 7) is 1.81. The van der Waals surface area contributed by atoms with Gasteiger partial charge in [-0.2, -0.15) is 13.2 Å². The number of aromatic nitrogens is 1. The van der Waals surface area contributed by atoms with Crippen LogP contribution in [0.2, 0.25) is 0 Å². The van der Waals surface area contributed by atoms with Crippen molar-refractivity contribution in [1.29, 1.82) is 0 Å². The summed E-state index contributed by atoms with van der Waals surface area (Å²) in [5, 5.41) is 3.11. The third-order valence-corrected chi connectivity index (χ3v) is 4.92. The maximum absolute atomic E-state index is 13.5. The number of aryl methyl sites for hydroxylation is 1. The molecule has 0 bridgehead atoms. The number of rotatable bonds is 4. The van der Waals surface area contributed by atoms with Gasteiger partial charge in [0.2, 0.25) is 0 Å². The van der Waals surface area contributed by atoms with E-state index in [9.17, 15) is 22.4 Å². The molecule has 1 aromatic heterocycles. The predicted octanol–water partition coefficient (Wildman–Crippen LogP) is 5.21. The van der Waals surface area contributed by atoms with Gasteiger partial charge in [-0.05, 0) is 36.2 Å². The lowest BCUT2D eigenvalue weighted by molar-refractivity contribution is -0.137. The second kappa shape index (κ2) is 7.48. The molecule has 3 aromatic rings. The molecule has 3 rings (SSSR count).